The molecule has 1 saturated carbocycles. The molecule has 1 aliphatic rings. The maximum Gasteiger partial charge on any atom is 0.345 e. The zero-order valence-corrected chi connectivity index (χ0v) is 25.0. The molecule has 5 N–H and O–H groups in total. The van der Waals surface area contributed by atoms with Crippen LogP contribution in [-0.2, 0) is 6.54 Å². The van der Waals surface area contributed by atoms with Crippen molar-refractivity contribution in [1.29, 1.82) is 5.41 Å². The lowest BCUT2D eigenvalue weighted by Gasteiger charge is -2.35. The zero-order valence-electron chi connectivity index (χ0n) is 25.0. The van der Waals surface area contributed by atoms with Gasteiger partial charge >= 0.3 is 6.03 Å². The quantitative estimate of drug-likeness (QED) is 0.194. The van der Waals surface area contributed by atoms with Crippen LogP contribution in [0.3, 0.4) is 0 Å². The van der Waals surface area contributed by atoms with Gasteiger partial charge in [0.15, 0.2) is 0 Å². The number of carbonyl (C=O) groups is 2. The molecule has 2 aromatic heterocycles. The van der Waals surface area contributed by atoms with Crippen LogP contribution in [0.5, 0.6) is 5.75 Å². The summed E-state index contributed by atoms with van der Waals surface area (Å²) in [6, 6.07) is 10.6. The Morgan fingerprint density at radius 1 is 1.13 bits per heavy atom. The van der Waals surface area contributed by atoms with Gasteiger partial charge in [0, 0.05) is 31.7 Å². The largest absolute Gasteiger partial charge is 0.496 e. The van der Waals surface area contributed by atoms with Crippen LogP contribution in [0.1, 0.15) is 52.7 Å². The van der Waals surface area contributed by atoms with Gasteiger partial charge in [0.1, 0.15) is 42.2 Å². The van der Waals surface area contributed by atoms with E-state index in [-0.39, 0.29) is 47.4 Å². The summed E-state index contributed by atoms with van der Waals surface area (Å²) in [6.45, 7) is 0.695. The van der Waals surface area contributed by atoms with Crippen molar-refractivity contribution in [2.75, 3.05) is 31.8 Å². The number of nitrogens with zero attached hydrogens (tertiary/aromatic N) is 6. The highest BCUT2D eigenvalue weighted by Gasteiger charge is 2.30. The number of aromatic nitrogens is 5. The van der Waals surface area contributed by atoms with Crippen LogP contribution in [0.25, 0.3) is 0 Å². The fourth-order valence-electron chi connectivity index (χ4n) is 5.53. The topological polar surface area (TPSA) is 177 Å². The summed E-state index contributed by atoms with van der Waals surface area (Å²) in [4.78, 5) is 39.5. The van der Waals surface area contributed by atoms with Crippen LogP contribution in [-0.4, -0.2) is 74.0 Å². The number of methoxy groups -OCH3 is 1. The normalized spacial score (nSPS) is 16.1. The zero-order chi connectivity index (χ0) is 31.9. The number of nitrogens with one attached hydrogen (secondary N) is 3. The number of amides is 2. The van der Waals surface area contributed by atoms with E-state index in [2.05, 4.69) is 30.7 Å². The second kappa shape index (κ2) is 13.9. The molecule has 2 unspecified atom stereocenters. The number of hydrogen-bond acceptors (Lipinski definition) is 10. The highest BCUT2D eigenvalue weighted by molar-refractivity contribution is 6.16. The van der Waals surface area contributed by atoms with Gasteiger partial charge in [-0.2, -0.15) is 9.78 Å². The summed E-state index contributed by atoms with van der Waals surface area (Å²) in [6.07, 6.45) is 7.93. The molecule has 4 aromatic rings. The standard InChI is InChI=1S/C31H35FN10O3/c1-41(31(44)42-18-35-16-39-42)15-21-5-3-4-6-24(21)40-29-26(28(34)37-17-38-29)27(33)20-9-7-19(8-10-20)14-36-30(43)23-13-22(32)11-12-25(23)45-2/h7-13,16-18,21,24,33H,3-6,14-15H2,1-2H3,(H,36,43)(H3,34,37,38,40). The Morgan fingerprint density at radius 3 is 2.64 bits per heavy atom. The molecule has 0 spiro atoms. The third kappa shape index (κ3) is 7.22. The van der Waals surface area contributed by atoms with E-state index >= 15 is 0 Å². The van der Waals surface area contributed by atoms with Crippen molar-refractivity contribution in [2.24, 2.45) is 5.92 Å². The predicted molar refractivity (Wildman–Crippen MR) is 166 cm³/mol. The van der Waals surface area contributed by atoms with Gasteiger partial charge in [-0.15, -0.1) is 0 Å². The van der Waals surface area contributed by atoms with Crippen LogP contribution in [0.15, 0.2) is 61.4 Å². The number of rotatable bonds is 10. The van der Waals surface area contributed by atoms with Gasteiger partial charge in [-0.25, -0.2) is 24.1 Å². The second-order valence-corrected chi connectivity index (χ2v) is 10.9. The van der Waals surface area contributed by atoms with Gasteiger partial charge in [-0.05, 0) is 42.5 Å². The molecule has 234 valence electrons. The second-order valence-electron chi connectivity index (χ2n) is 10.9. The summed E-state index contributed by atoms with van der Waals surface area (Å²) >= 11 is 0. The van der Waals surface area contributed by atoms with Crippen molar-refractivity contribution >= 4 is 29.3 Å². The molecule has 2 heterocycles. The van der Waals surface area contributed by atoms with Crippen LogP contribution >= 0.6 is 0 Å². The van der Waals surface area contributed by atoms with E-state index in [0.29, 0.717) is 23.5 Å². The summed E-state index contributed by atoms with van der Waals surface area (Å²) in [5.41, 5.74) is 8.27. The van der Waals surface area contributed by atoms with Crippen LogP contribution in [0, 0.1) is 17.1 Å². The number of ether oxygens (including phenoxy) is 1. The molecule has 13 nitrogen and oxygen atoms in total. The fraction of sp³-hybridized carbons (Fsp3) is 0.323. The highest BCUT2D eigenvalue weighted by Crippen LogP contribution is 2.30. The van der Waals surface area contributed by atoms with Gasteiger partial charge in [0.2, 0.25) is 0 Å². The SMILES string of the molecule is COc1ccc(F)cc1C(=O)NCc1ccc(C(=N)c2c(N)ncnc2NC2CCCCC2CN(C)C(=O)n2cncn2)cc1. The Labute approximate surface area is 259 Å². The minimum atomic E-state index is -0.536. The number of anilines is 2. The smallest absolute Gasteiger partial charge is 0.345 e. The average molecular weight is 615 g/mol. The minimum Gasteiger partial charge on any atom is -0.496 e. The van der Waals surface area contributed by atoms with Crippen molar-refractivity contribution in [3.05, 3.63) is 89.5 Å². The fourth-order valence-corrected chi connectivity index (χ4v) is 5.53. The third-order valence-corrected chi connectivity index (χ3v) is 7.91. The van der Waals surface area contributed by atoms with E-state index in [1.165, 1.54) is 42.9 Å². The number of carbonyl (C=O) groups excluding carboxylic acids is 2. The minimum absolute atomic E-state index is 0.00621. The first-order valence-electron chi connectivity index (χ1n) is 14.5. The molecule has 2 amide bonds. The van der Waals surface area contributed by atoms with E-state index in [1.54, 1.807) is 36.2 Å². The van der Waals surface area contributed by atoms with E-state index in [9.17, 15) is 14.0 Å². The first-order chi connectivity index (χ1) is 21.7. The van der Waals surface area contributed by atoms with E-state index in [0.717, 1.165) is 37.3 Å². The van der Waals surface area contributed by atoms with Gasteiger partial charge in [0.05, 0.1) is 23.9 Å². The molecular formula is C31H35FN10O3. The van der Waals surface area contributed by atoms with Crippen molar-refractivity contribution < 1.29 is 18.7 Å². The van der Waals surface area contributed by atoms with E-state index < -0.39 is 11.7 Å². The molecule has 0 radical (unpaired) electrons. The monoisotopic (exact) mass is 614 g/mol. The lowest BCUT2D eigenvalue weighted by Crippen LogP contribution is -2.43. The number of hydrogen-bond donors (Lipinski definition) is 4. The number of nitrogen functional groups attached to an aromatic ring is 1. The molecule has 2 atom stereocenters. The number of benzene rings is 2. The Hall–Kier alpha value is -5.40. The van der Waals surface area contributed by atoms with Crippen molar-refractivity contribution in [2.45, 2.75) is 38.3 Å². The van der Waals surface area contributed by atoms with Gasteiger partial charge in [-0.3, -0.25) is 10.2 Å². The average Bonchev–Trinajstić information content (AvgIpc) is 3.59. The lowest BCUT2D eigenvalue weighted by atomic mass is 9.84. The van der Waals surface area contributed by atoms with Crippen molar-refractivity contribution in [1.82, 2.24) is 34.9 Å². The molecule has 0 bridgehead atoms. The Bertz CT molecular complexity index is 1660. The summed E-state index contributed by atoms with van der Waals surface area (Å²) < 4.78 is 20.1. The molecule has 45 heavy (non-hydrogen) atoms. The molecule has 1 aliphatic carbocycles. The Morgan fingerprint density at radius 2 is 1.91 bits per heavy atom. The van der Waals surface area contributed by atoms with Crippen LogP contribution < -0.4 is 21.1 Å². The Balaban J connectivity index is 1.27. The molecule has 14 heteroatoms. The van der Waals surface area contributed by atoms with E-state index in [4.69, 9.17) is 15.9 Å². The first kappa shape index (κ1) is 31.0. The maximum atomic E-state index is 13.7. The van der Waals surface area contributed by atoms with Gasteiger partial charge < -0.3 is 26.0 Å². The van der Waals surface area contributed by atoms with E-state index in [1.807, 2.05) is 0 Å². The molecular weight excluding hydrogens is 579 g/mol. The molecule has 2 aromatic carbocycles. The summed E-state index contributed by atoms with van der Waals surface area (Å²) in [7, 11) is 3.16. The van der Waals surface area contributed by atoms with Crippen molar-refractivity contribution in [3.63, 3.8) is 0 Å². The molecule has 0 aliphatic heterocycles. The predicted octanol–water partition coefficient (Wildman–Crippen LogP) is 3.71. The molecule has 5 rings (SSSR count). The Kier molecular flexibility index (Phi) is 9.61. The summed E-state index contributed by atoms with van der Waals surface area (Å²) in [5, 5.41) is 19.2. The van der Waals surface area contributed by atoms with Crippen molar-refractivity contribution in [3.8, 4) is 5.75 Å². The first-order valence-corrected chi connectivity index (χ1v) is 14.5. The third-order valence-electron chi connectivity index (χ3n) is 7.91. The van der Waals surface area contributed by atoms with Gasteiger partial charge in [0.25, 0.3) is 5.91 Å². The maximum absolute atomic E-state index is 13.7. The lowest BCUT2D eigenvalue weighted by molar-refractivity contribution is 0.0947. The number of nitrogens with two attached hydrogens (primary N) is 1. The molecule has 0 saturated heterocycles. The van der Waals surface area contributed by atoms with Crippen LogP contribution in [0.4, 0.5) is 20.8 Å². The number of halogens is 1. The van der Waals surface area contributed by atoms with Gasteiger partial charge in [-0.1, -0.05) is 37.1 Å². The summed E-state index contributed by atoms with van der Waals surface area (Å²) in [5.74, 6) is 0.0289. The highest BCUT2D eigenvalue weighted by atomic mass is 19.1. The van der Waals surface area contributed by atoms with Crippen LogP contribution in [0.2, 0.25) is 0 Å². The molecule has 1 fully saturated rings.